The highest BCUT2D eigenvalue weighted by Crippen LogP contribution is 2.08. The van der Waals surface area contributed by atoms with E-state index in [1.54, 1.807) is 12.3 Å². The molecule has 0 bridgehead atoms. The highest BCUT2D eigenvalue weighted by molar-refractivity contribution is 5.95. The molecule has 0 aliphatic carbocycles. The van der Waals surface area contributed by atoms with Crippen molar-refractivity contribution in [3.63, 3.8) is 0 Å². The average Bonchev–Trinajstić information content (AvgIpc) is 2.93. The smallest absolute Gasteiger partial charge is 0.253 e. The Balaban J connectivity index is 2.02. The van der Waals surface area contributed by atoms with Crippen molar-refractivity contribution in [2.24, 2.45) is 0 Å². The van der Waals surface area contributed by atoms with Gasteiger partial charge in [0.15, 0.2) is 0 Å². The number of nitrogens with zero attached hydrogens (tertiary/aromatic N) is 2. The number of aromatic amines is 1. The third-order valence-electron chi connectivity index (χ3n) is 3.14. The van der Waals surface area contributed by atoms with Gasteiger partial charge in [-0.25, -0.2) is 0 Å². The van der Waals surface area contributed by atoms with E-state index in [1.165, 1.54) is 0 Å². The Kier molecular flexibility index (Phi) is 3.50. The monoisotopic (exact) mass is 246 g/mol. The molecule has 2 rings (SSSR count). The van der Waals surface area contributed by atoms with Crippen molar-refractivity contribution in [3.8, 4) is 0 Å². The Morgan fingerprint density at radius 2 is 2.28 bits per heavy atom. The van der Waals surface area contributed by atoms with Crippen LogP contribution in [0.3, 0.4) is 0 Å². The van der Waals surface area contributed by atoms with Gasteiger partial charge in [-0.3, -0.25) is 9.48 Å². The summed E-state index contributed by atoms with van der Waals surface area (Å²) in [5.74, 6) is -0.0580. The maximum absolute atomic E-state index is 11.9. The largest absolute Gasteiger partial charge is 0.365 e. The molecular formula is C13H18N4O. The molecular weight excluding hydrogens is 228 g/mol. The normalized spacial score (nSPS) is 10.6. The number of amides is 1. The SMILES string of the molecule is CCn1ncc(CNC(=O)c2cc[nH]c2C)c1C. The van der Waals surface area contributed by atoms with Gasteiger partial charge in [0.05, 0.1) is 11.8 Å². The zero-order chi connectivity index (χ0) is 13.1. The molecule has 0 aliphatic rings. The molecule has 0 aromatic carbocycles. The summed E-state index contributed by atoms with van der Waals surface area (Å²) in [7, 11) is 0. The van der Waals surface area contributed by atoms with Crippen LogP contribution in [0.15, 0.2) is 18.5 Å². The number of hydrogen-bond acceptors (Lipinski definition) is 2. The third kappa shape index (κ3) is 2.30. The topological polar surface area (TPSA) is 62.7 Å². The summed E-state index contributed by atoms with van der Waals surface area (Å²) in [5.41, 5.74) is 3.73. The predicted octanol–water partition coefficient (Wildman–Crippen LogP) is 1.78. The maximum Gasteiger partial charge on any atom is 0.253 e. The van der Waals surface area contributed by atoms with E-state index in [0.29, 0.717) is 12.1 Å². The van der Waals surface area contributed by atoms with Crippen LogP contribution in [0.4, 0.5) is 0 Å². The van der Waals surface area contributed by atoms with Crippen molar-refractivity contribution in [1.82, 2.24) is 20.1 Å². The fraction of sp³-hybridized carbons (Fsp3) is 0.385. The fourth-order valence-electron chi connectivity index (χ4n) is 1.95. The molecule has 96 valence electrons. The van der Waals surface area contributed by atoms with Crippen molar-refractivity contribution in [2.45, 2.75) is 33.9 Å². The minimum Gasteiger partial charge on any atom is -0.365 e. The Hall–Kier alpha value is -2.04. The Bertz CT molecular complexity index is 553. The van der Waals surface area contributed by atoms with Gasteiger partial charge in [0.1, 0.15) is 0 Å². The van der Waals surface area contributed by atoms with Gasteiger partial charge >= 0.3 is 0 Å². The number of nitrogens with one attached hydrogen (secondary N) is 2. The number of H-pyrrole nitrogens is 1. The van der Waals surface area contributed by atoms with E-state index in [2.05, 4.69) is 15.4 Å². The number of hydrogen-bond donors (Lipinski definition) is 2. The van der Waals surface area contributed by atoms with Crippen LogP contribution in [0.25, 0.3) is 0 Å². The van der Waals surface area contributed by atoms with Crippen molar-refractivity contribution >= 4 is 5.91 Å². The van der Waals surface area contributed by atoms with E-state index in [1.807, 2.05) is 31.6 Å². The van der Waals surface area contributed by atoms with Crippen molar-refractivity contribution in [1.29, 1.82) is 0 Å². The summed E-state index contributed by atoms with van der Waals surface area (Å²) in [6.45, 7) is 7.30. The van der Waals surface area contributed by atoms with Crippen LogP contribution in [-0.2, 0) is 13.1 Å². The zero-order valence-electron chi connectivity index (χ0n) is 10.9. The molecule has 0 fully saturated rings. The number of aryl methyl sites for hydroxylation is 2. The number of aromatic nitrogens is 3. The highest BCUT2D eigenvalue weighted by Gasteiger charge is 2.11. The minimum absolute atomic E-state index is 0.0580. The minimum atomic E-state index is -0.0580. The van der Waals surface area contributed by atoms with Crippen LogP contribution >= 0.6 is 0 Å². The van der Waals surface area contributed by atoms with E-state index in [0.717, 1.165) is 23.5 Å². The summed E-state index contributed by atoms with van der Waals surface area (Å²) < 4.78 is 1.92. The molecule has 0 spiro atoms. The van der Waals surface area contributed by atoms with E-state index < -0.39 is 0 Å². The van der Waals surface area contributed by atoms with E-state index in [9.17, 15) is 4.79 Å². The molecule has 18 heavy (non-hydrogen) atoms. The molecule has 1 amide bonds. The van der Waals surface area contributed by atoms with Gasteiger partial charge in [-0.15, -0.1) is 0 Å². The van der Waals surface area contributed by atoms with E-state index in [4.69, 9.17) is 0 Å². The Morgan fingerprint density at radius 3 is 2.83 bits per heavy atom. The number of rotatable bonds is 4. The standard InChI is InChI=1S/C13H18N4O/c1-4-17-10(3)11(8-16-17)7-15-13(18)12-5-6-14-9(12)2/h5-6,8,14H,4,7H2,1-3H3,(H,15,18). The molecule has 5 heteroatoms. The van der Waals surface area contributed by atoms with Crippen LogP contribution in [0.1, 0.15) is 34.2 Å². The highest BCUT2D eigenvalue weighted by atomic mass is 16.1. The van der Waals surface area contributed by atoms with Gasteiger partial charge in [-0.05, 0) is 26.8 Å². The molecule has 0 saturated carbocycles. The molecule has 0 aliphatic heterocycles. The Labute approximate surface area is 106 Å². The lowest BCUT2D eigenvalue weighted by molar-refractivity contribution is 0.0950. The summed E-state index contributed by atoms with van der Waals surface area (Å²) >= 11 is 0. The van der Waals surface area contributed by atoms with Gasteiger partial charge in [0, 0.05) is 36.2 Å². The lowest BCUT2D eigenvalue weighted by Crippen LogP contribution is -2.23. The van der Waals surface area contributed by atoms with Crippen LogP contribution < -0.4 is 5.32 Å². The van der Waals surface area contributed by atoms with Crippen molar-refractivity contribution in [3.05, 3.63) is 41.0 Å². The first-order chi connectivity index (χ1) is 8.63. The lowest BCUT2D eigenvalue weighted by atomic mass is 10.2. The molecule has 5 nitrogen and oxygen atoms in total. The summed E-state index contributed by atoms with van der Waals surface area (Å²) in [6.07, 6.45) is 3.58. The molecule has 0 atom stereocenters. The van der Waals surface area contributed by atoms with Gasteiger partial charge in [0.25, 0.3) is 5.91 Å². The molecule has 2 aromatic rings. The predicted molar refractivity (Wildman–Crippen MR) is 69.3 cm³/mol. The number of carbonyl (C=O) groups excluding carboxylic acids is 1. The number of carbonyl (C=O) groups is 1. The van der Waals surface area contributed by atoms with Gasteiger partial charge in [0.2, 0.25) is 0 Å². The summed E-state index contributed by atoms with van der Waals surface area (Å²) in [5, 5.41) is 7.16. The lowest BCUT2D eigenvalue weighted by Gasteiger charge is -2.05. The van der Waals surface area contributed by atoms with Crippen LogP contribution in [0.5, 0.6) is 0 Å². The van der Waals surface area contributed by atoms with Crippen LogP contribution in [0.2, 0.25) is 0 Å². The fourth-order valence-corrected chi connectivity index (χ4v) is 1.95. The van der Waals surface area contributed by atoms with Crippen LogP contribution in [0, 0.1) is 13.8 Å². The first-order valence-electron chi connectivity index (χ1n) is 6.07. The second-order valence-electron chi connectivity index (χ2n) is 4.27. The second-order valence-corrected chi connectivity index (χ2v) is 4.27. The first kappa shape index (κ1) is 12.4. The van der Waals surface area contributed by atoms with E-state index in [-0.39, 0.29) is 5.91 Å². The molecule has 2 aromatic heterocycles. The third-order valence-corrected chi connectivity index (χ3v) is 3.14. The van der Waals surface area contributed by atoms with Crippen LogP contribution in [-0.4, -0.2) is 20.7 Å². The van der Waals surface area contributed by atoms with Gasteiger partial charge < -0.3 is 10.3 Å². The van der Waals surface area contributed by atoms with Crippen molar-refractivity contribution < 1.29 is 4.79 Å². The quantitative estimate of drug-likeness (QED) is 0.863. The molecule has 0 saturated heterocycles. The molecule has 0 radical (unpaired) electrons. The van der Waals surface area contributed by atoms with Gasteiger partial charge in [-0.2, -0.15) is 5.10 Å². The molecule has 2 heterocycles. The molecule has 0 unspecified atom stereocenters. The maximum atomic E-state index is 11.9. The average molecular weight is 246 g/mol. The molecule has 2 N–H and O–H groups in total. The van der Waals surface area contributed by atoms with E-state index >= 15 is 0 Å². The van der Waals surface area contributed by atoms with Crippen molar-refractivity contribution in [2.75, 3.05) is 0 Å². The first-order valence-corrected chi connectivity index (χ1v) is 6.07. The van der Waals surface area contributed by atoms with Gasteiger partial charge in [-0.1, -0.05) is 0 Å². The zero-order valence-corrected chi connectivity index (χ0v) is 10.9. The Morgan fingerprint density at radius 1 is 1.50 bits per heavy atom. The second kappa shape index (κ2) is 5.08. The summed E-state index contributed by atoms with van der Waals surface area (Å²) in [4.78, 5) is 14.9. The summed E-state index contributed by atoms with van der Waals surface area (Å²) in [6, 6.07) is 1.78.